The normalized spacial score (nSPS) is 29.1. The molecule has 2 aromatic rings. The summed E-state index contributed by atoms with van der Waals surface area (Å²) in [6.45, 7) is 9.05. The largest absolute Gasteiger partial charge is 0.419 e. The molecule has 1 saturated carbocycles. The number of halogens is 1. The van der Waals surface area contributed by atoms with Crippen LogP contribution in [0, 0.1) is 10.8 Å². The van der Waals surface area contributed by atoms with Crippen molar-refractivity contribution in [3.63, 3.8) is 0 Å². The molecule has 2 fully saturated rings. The van der Waals surface area contributed by atoms with Crippen molar-refractivity contribution in [2.75, 3.05) is 6.54 Å². The van der Waals surface area contributed by atoms with Crippen LogP contribution in [0.2, 0.25) is 5.02 Å². The van der Waals surface area contributed by atoms with Crippen LogP contribution < -0.4 is 0 Å². The molecule has 1 aliphatic carbocycles. The summed E-state index contributed by atoms with van der Waals surface area (Å²) in [5.41, 5.74) is 1.63. The maximum Gasteiger partial charge on any atom is 0.249 e. The number of nitrogens with zero attached hydrogens (tertiary/aromatic N) is 3. The van der Waals surface area contributed by atoms with Crippen molar-refractivity contribution in [2.45, 2.75) is 52.6 Å². The van der Waals surface area contributed by atoms with Crippen LogP contribution in [0.4, 0.5) is 0 Å². The van der Waals surface area contributed by atoms with Gasteiger partial charge in [0.15, 0.2) is 0 Å². The second-order valence-electron chi connectivity index (χ2n) is 8.60. The number of hydrogen-bond donors (Lipinski definition) is 0. The maximum atomic E-state index is 6.22. The number of hydrogen-bond acceptors (Lipinski definition) is 4. The lowest BCUT2D eigenvalue weighted by Gasteiger charge is -2.39. The van der Waals surface area contributed by atoms with E-state index in [2.05, 4.69) is 35.9 Å². The fourth-order valence-electron chi connectivity index (χ4n) is 5.00. The summed E-state index contributed by atoms with van der Waals surface area (Å²) in [7, 11) is 0. The molecule has 2 heterocycles. The zero-order chi connectivity index (χ0) is 16.9. The Kier molecular flexibility index (Phi) is 3.73. The minimum atomic E-state index is 0.415. The molecule has 1 aliphatic heterocycles. The van der Waals surface area contributed by atoms with Crippen LogP contribution in [0.3, 0.4) is 0 Å². The summed E-state index contributed by atoms with van der Waals surface area (Å²) < 4.78 is 5.90. The van der Waals surface area contributed by atoms with E-state index < -0.39 is 0 Å². The fourth-order valence-corrected chi connectivity index (χ4v) is 5.21. The molecular formula is C19H24ClN3O. The highest BCUT2D eigenvalue weighted by Crippen LogP contribution is 2.52. The Morgan fingerprint density at radius 1 is 1.21 bits per heavy atom. The van der Waals surface area contributed by atoms with Gasteiger partial charge in [-0.05, 0) is 42.2 Å². The quantitative estimate of drug-likeness (QED) is 0.802. The van der Waals surface area contributed by atoms with Crippen LogP contribution >= 0.6 is 11.6 Å². The van der Waals surface area contributed by atoms with Gasteiger partial charge in [0.05, 0.1) is 17.1 Å². The Morgan fingerprint density at radius 2 is 2.00 bits per heavy atom. The van der Waals surface area contributed by atoms with Gasteiger partial charge in [-0.15, -0.1) is 10.2 Å². The molecule has 0 radical (unpaired) electrons. The first kappa shape index (κ1) is 16.1. The van der Waals surface area contributed by atoms with Crippen LogP contribution in [0.25, 0.3) is 11.5 Å². The zero-order valence-electron chi connectivity index (χ0n) is 14.6. The van der Waals surface area contributed by atoms with Gasteiger partial charge in [0.25, 0.3) is 0 Å². The zero-order valence-corrected chi connectivity index (χ0v) is 15.3. The van der Waals surface area contributed by atoms with Crippen molar-refractivity contribution >= 4 is 11.6 Å². The molecule has 1 aromatic heterocycles. The monoisotopic (exact) mass is 345 g/mol. The van der Waals surface area contributed by atoms with E-state index in [9.17, 15) is 0 Å². The van der Waals surface area contributed by atoms with Crippen LogP contribution in [-0.4, -0.2) is 27.7 Å². The summed E-state index contributed by atoms with van der Waals surface area (Å²) in [6, 6.07) is 8.20. The molecule has 4 rings (SSSR count). The molecule has 24 heavy (non-hydrogen) atoms. The molecule has 2 unspecified atom stereocenters. The number of fused-ring (bicyclic) bond motifs is 2. The highest BCUT2D eigenvalue weighted by Gasteiger charge is 2.49. The first-order valence-corrected chi connectivity index (χ1v) is 9.03. The van der Waals surface area contributed by atoms with Gasteiger partial charge in [-0.25, -0.2) is 0 Å². The molecule has 4 nitrogen and oxygen atoms in total. The molecular weight excluding hydrogens is 322 g/mol. The van der Waals surface area contributed by atoms with Gasteiger partial charge in [-0.2, -0.15) is 0 Å². The van der Waals surface area contributed by atoms with E-state index in [4.69, 9.17) is 16.0 Å². The van der Waals surface area contributed by atoms with Crippen LogP contribution in [0.15, 0.2) is 28.7 Å². The number of benzene rings is 1. The molecule has 2 atom stereocenters. The standard InChI is InChI=1S/C19H24ClN3O/c1-18(2)8-13-9-19(3,11-18)12-23(13)10-16-21-22-17(24-16)14-6-4-5-7-15(14)20/h4-7,13H,8-12H2,1-3H3. The van der Waals surface area contributed by atoms with E-state index in [1.165, 1.54) is 19.3 Å². The van der Waals surface area contributed by atoms with E-state index in [0.29, 0.717) is 33.7 Å². The summed E-state index contributed by atoms with van der Waals surface area (Å²) in [5.74, 6) is 1.18. The second-order valence-corrected chi connectivity index (χ2v) is 9.01. The molecule has 1 saturated heterocycles. The molecule has 0 N–H and O–H groups in total. The highest BCUT2D eigenvalue weighted by molar-refractivity contribution is 6.33. The summed E-state index contributed by atoms with van der Waals surface area (Å²) in [4.78, 5) is 2.53. The Hall–Kier alpha value is -1.39. The summed E-state index contributed by atoms with van der Waals surface area (Å²) >= 11 is 6.22. The molecule has 5 heteroatoms. The van der Waals surface area contributed by atoms with Gasteiger partial charge in [0, 0.05) is 12.6 Å². The first-order chi connectivity index (χ1) is 11.3. The SMILES string of the molecule is CC1(C)CC2CC(C)(CN2Cc2nnc(-c3ccccc3Cl)o2)C1. The van der Waals surface area contributed by atoms with E-state index in [0.717, 1.165) is 18.7 Å². The predicted molar refractivity (Wildman–Crippen MR) is 94.7 cm³/mol. The number of aromatic nitrogens is 2. The average molecular weight is 346 g/mol. The minimum absolute atomic E-state index is 0.415. The highest BCUT2D eigenvalue weighted by atomic mass is 35.5. The van der Waals surface area contributed by atoms with Gasteiger partial charge in [0.2, 0.25) is 11.8 Å². The lowest BCUT2D eigenvalue weighted by atomic mass is 9.65. The van der Waals surface area contributed by atoms with Gasteiger partial charge in [0.1, 0.15) is 0 Å². The topological polar surface area (TPSA) is 42.2 Å². The number of likely N-dealkylation sites (tertiary alicyclic amines) is 1. The molecule has 128 valence electrons. The summed E-state index contributed by atoms with van der Waals surface area (Å²) in [6.07, 6.45) is 3.82. The van der Waals surface area contributed by atoms with Gasteiger partial charge >= 0.3 is 0 Å². The number of rotatable bonds is 3. The average Bonchev–Trinajstić information content (AvgIpc) is 3.01. The van der Waals surface area contributed by atoms with Crippen molar-refractivity contribution in [1.29, 1.82) is 0 Å². The molecule has 2 bridgehead atoms. The fraction of sp³-hybridized carbons (Fsp3) is 0.579. The van der Waals surface area contributed by atoms with Crippen molar-refractivity contribution in [2.24, 2.45) is 10.8 Å². The van der Waals surface area contributed by atoms with Gasteiger partial charge in [-0.3, -0.25) is 4.90 Å². The molecule has 2 aliphatic rings. The summed E-state index contributed by atoms with van der Waals surface area (Å²) in [5, 5.41) is 9.08. The van der Waals surface area contributed by atoms with Gasteiger partial charge in [-0.1, -0.05) is 44.5 Å². The van der Waals surface area contributed by atoms with Crippen LogP contribution in [0.1, 0.15) is 45.9 Å². The Labute approximate surface area is 148 Å². The second kappa shape index (κ2) is 5.57. The third-order valence-corrected chi connectivity index (χ3v) is 5.76. The maximum absolute atomic E-state index is 6.22. The Morgan fingerprint density at radius 3 is 2.79 bits per heavy atom. The van der Waals surface area contributed by atoms with Crippen molar-refractivity contribution in [3.8, 4) is 11.5 Å². The smallest absolute Gasteiger partial charge is 0.249 e. The molecule has 0 spiro atoms. The van der Waals surface area contributed by atoms with Crippen molar-refractivity contribution in [1.82, 2.24) is 15.1 Å². The van der Waals surface area contributed by atoms with Crippen molar-refractivity contribution in [3.05, 3.63) is 35.2 Å². The minimum Gasteiger partial charge on any atom is -0.419 e. The molecule has 0 amide bonds. The van der Waals surface area contributed by atoms with E-state index in [-0.39, 0.29) is 0 Å². The van der Waals surface area contributed by atoms with E-state index in [1.807, 2.05) is 24.3 Å². The Balaban J connectivity index is 1.52. The van der Waals surface area contributed by atoms with Crippen LogP contribution in [-0.2, 0) is 6.54 Å². The molecule has 1 aromatic carbocycles. The van der Waals surface area contributed by atoms with Crippen molar-refractivity contribution < 1.29 is 4.42 Å². The third kappa shape index (κ3) is 2.98. The van der Waals surface area contributed by atoms with E-state index >= 15 is 0 Å². The first-order valence-electron chi connectivity index (χ1n) is 8.65. The third-order valence-electron chi connectivity index (χ3n) is 5.43. The van der Waals surface area contributed by atoms with E-state index in [1.54, 1.807) is 0 Å². The van der Waals surface area contributed by atoms with Gasteiger partial charge < -0.3 is 4.42 Å². The lowest BCUT2D eigenvalue weighted by Crippen LogP contribution is -2.34. The predicted octanol–water partition coefficient (Wildman–Crippen LogP) is 4.79. The lowest BCUT2D eigenvalue weighted by molar-refractivity contribution is 0.124. The van der Waals surface area contributed by atoms with Crippen LogP contribution in [0.5, 0.6) is 0 Å². The Bertz CT molecular complexity index is 757.